The van der Waals surface area contributed by atoms with E-state index in [1.54, 1.807) is 18.6 Å². The molecule has 124 valence electrons. The molecule has 5 rings (SSSR count). The van der Waals surface area contributed by atoms with Crippen LogP contribution in [0.25, 0.3) is 5.82 Å². The van der Waals surface area contributed by atoms with Crippen molar-refractivity contribution in [2.24, 2.45) is 5.92 Å². The molecule has 2 aromatic heterocycles. The van der Waals surface area contributed by atoms with Gasteiger partial charge in [-0.25, -0.2) is 14.5 Å². The molecule has 2 aromatic rings. The van der Waals surface area contributed by atoms with Gasteiger partial charge in [-0.1, -0.05) is 0 Å². The van der Waals surface area contributed by atoms with Gasteiger partial charge in [-0.15, -0.1) is 23.5 Å². The molecule has 0 aromatic carbocycles. The molecule has 0 radical (unpaired) electrons. The fraction of sp³-hybridized carbons (Fsp3) is 0.500. The Morgan fingerprint density at radius 1 is 1.42 bits per heavy atom. The van der Waals surface area contributed by atoms with E-state index in [1.165, 1.54) is 6.42 Å². The van der Waals surface area contributed by atoms with Crippen LogP contribution in [0.15, 0.2) is 18.6 Å². The van der Waals surface area contributed by atoms with E-state index >= 15 is 0 Å². The fourth-order valence-electron chi connectivity index (χ4n) is 3.92. The minimum atomic E-state index is -0.329. The second-order valence-electron chi connectivity index (χ2n) is 6.12. The standard InChI is InChI=1S/C16H16N4O2S2/c1-2-22-15(21)13-12-14(20(19-13)11-8-17-3-4-18-11)9-7-10(9)16(12)23-5-6-24-16/h3-4,8-10H,2,5-7H2,1H3/t9-,10+/m0/s1. The first kappa shape index (κ1) is 14.8. The Morgan fingerprint density at radius 2 is 2.25 bits per heavy atom. The summed E-state index contributed by atoms with van der Waals surface area (Å²) in [6.45, 7) is 2.18. The van der Waals surface area contributed by atoms with Crippen molar-refractivity contribution in [3.63, 3.8) is 0 Å². The van der Waals surface area contributed by atoms with E-state index in [4.69, 9.17) is 4.74 Å². The molecule has 1 saturated carbocycles. The van der Waals surface area contributed by atoms with Crippen molar-refractivity contribution in [1.29, 1.82) is 0 Å². The summed E-state index contributed by atoms with van der Waals surface area (Å²) < 4.78 is 7.09. The molecule has 2 atom stereocenters. The number of carbonyl (C=O) groups is 1. The number of ether oxygens (including phenoxy) is 1. The normalized spacial score (nSPS) is 25.5. The van der Waals surface area contributed by atoms with Gasteiger partial charge in [0.1, 0.15) is 0 Å². The molecule has 1 spiro atoms. The largest absolute Gasteiger partial charge is 0.461 e. The maximum atomic E-state index is 12.6. The van der Waals surface area contributed by atoms with Crippen molar-refractivity contribution in [1.82, 2.24) is 19.7 Å². The predicted octanol–water partition coefficient (Wildman–Crippen LogP) is 2.59. The molecule has 24 heavy (non-hydrogen) atoms. The highest BCUT2D eigenvalue weighted by Gasteiger charge is 2.66. The van der Waals surface area contributed by atoms with Crippen LogP contribution in [0, 0.1) is 5.92 Å². The highest BCUT2D eigenvalue weighted by atomic mass is 32.2. The fourth-order valence-corrected chi connectivity index (χ4v) is 7.67. The number of nitrogens with zero attached hydrogens (tertiary/aromatic N) is 4. The minimum Gasteiger partial charge on any atom is -0.461 e. The molecule has 2 fully saturated rings. The quantitative estimate of drug-likeness (QED) is 0.779. The van der Waals surface area contributed by atoms with Crippen LogP contribution in [0.5, 0.6) is 0 Å². The van der Waals surface area contributed by atoms with Crippen LogP contribution in [0.1, 0.15) is 41.0 Å². The van der Waals surface area contributed by atoms with Gasteiger partial charge >= 0.3 is 5.97 Å². The number of hydrogen-bond acceptors (Lipinski definition) is 7. The molecule has 1 aliphatic heterocycles. The molecule has 0 N–H and O–H groups in total. The van der Waals surface area contributed by atoms with E-state index in [9.17, 15) is 4.79 Å². The number of esters is 1. The van der Waals surface area contributed by atoms with Crippen molar-refractivity contribution in [3.05, 3.63) is 35.5 Å². The lowest BCUT2D eigenvalue weighted by atomic mass is 10.1. The van der Waals surface area contributed by atoms with E-state index in [0.29, 0.717) is 30.0 Å². The van der Waals surface area contributed by atoms with Crippen molar-refractivity contribution < 1.29 is 9.53 Å². The van der Waals surface area contributed by atoms with E-state index in [1.807, 2.05) is 35.1 Å². The third-order valence-corrected chi connectivity index (χ3v) is 8.50. The molecule has 6 nitrogen and oxygen atoms in total. The van der Waals surface area contributed by atoms with Crippen molar-refractivity contribution in [3.8, 4) is 5.82 Å². The third kappa shape index (κ3) is 1.86. The molecule has 0 amide bonds. The van der Waals surface area contributed by atoms with Crippen LogP contribution in [0.2, 0.25) is 0 Å². The average molecular weight is 360 g/mol. The van der Waals surface area contributed by atoms with Gasteiger partial charge in [-0.2, -0.15) is 5.10 Å². The molecule has 0 bridgehead atoms. The number of hydrogen-bond donors (Lipinski definition) is 0. The number of carbonyl (C=O) groups excluding carboxylic acids is 1. The van der Waals surface area contributed by atoms with E-state index in [0.717, 1.165) is 22.8 Å². The molecule has 1 saturated heterocycles. The molecule has 2 aliphatic carbocycles. The first-order valence-electron chi connectivity index (χ1n) is 8.11. The second kappa shape index (κ2) is 5.23. The molecule has 0 unspecified atom stereocenters. The second-order valence-corrected chi connectivity index (χ2v) is 9.06. The maximum absolute atomic E-state index is 12.6. The Balaban J connectivity index is 1.73. The minimum absolute atomic E-state index is 0.0252. The molecular formula is C16H16N4O2S2. The van der Waals surface area contributed by atoms with E-state index in [2.05, 4.69) is 15.1 Å². The smallest absolute Gasteiger partial charge is 0.359 e. The lowest BCUT2D eigenvalue weighted by Crippen LogP contribution is -2.19. The number of fused-ring (bicyclic) bond motifs is 5. The Kier molecular flexibility index (Phi) is 3.22. The van der Waals surface area contributed by atoms with E-state index in [-0.39, 0.29) is 10.0 Å². The van der Waals surface area contributed by atoms with E-state index < -0.39 is 0 Å². The van der Waals surface area contributed by atoms with Gasteiger partial charge in [-0.3, -0.25) is 4.98 Å². The summed E-state index contributed by atoms with van der Waals surface area (Å²) in [6, 6.07) is 0. The van der Waals surface area contributed by atoms with Crippen LogP contribution >= 0.6 is 23.5 Å². The van der Waals surface area contributed by atoms with Crippen LogP contribution in [0.3, 0.4) is 0 Å². The highest BCUT2D eigenvalue weighted by molar-refractivity contribution is 8.20. The summed E-state index contributed by atoms with van der Waals surface area (Å²) in [4.78, 5) is 21.1. The van der Waals surface area contributed by atoms with Crippen molar-refractivity contribution in [2.45, 2.75) is 23.3 Å². The number of rotatable bonds is 3. The zero-order valence-corrected chi connectivity index (χ0v) is 14.8. The summed E-state index contributed by atoms with van der Waals surface area (Å²) in [5.41, 5.74) is 2.69. The molecule has 8 heteroatoms. The van der Waals surface area contributed by atoms with Gasteiger partial charge in [0.05, 0.1) is 22.6 Å². The summed E-state index contributed by atoms with van der Waals surface area (Å²) in [5, 5.41) is 4.63. The Bertz CT molecular complexity index is 817. The summed E-state index contributed by atoms with van der Waals surface area (Å²) >= 11 is 3.94. The van der Waals surface area contributed by atoms with Gasteiger partial charge in [0.2, 0.25) is 0 Å². The summed E-state index contributed by atoms with van der Waals surface area (Å²) in [6.07, 6.45) is 6.16. The average Bonchev–Trinajstić information content (AvgIpc) is 3.00. The summed E-state index contributed by atoms with van der Waals surface area (Å²) in [7, 11) is 0. The lowest BCUT2D eigenvalue weighted by molar-refractivity contribution is 0.0517. The van der Waals surface area contributed by atoms with Crippen LogP contribution in [0.4, 0.5) is 0 Å². The van der Waals surface area contributed by atoms with Gasteiger partial charge in [0.25, 0.3) is 0 Å². The van der Waals surface area contributed by atoms with Gasteiger partial charge in [0, 0.05) is 35.4 Å². The molecule has 3 aliphatic rings. The zero-order valence-electron chi connectivity index (χ0n) is 13.1. The van der Waals surface area contributed by atoms with Crippen molar-refractivity contribution in [2.75, 3.05) is 18.1 Å². The third-order valence-electron chi connectivity index (χ3n) is 4.85. The van der Waals surface area contributed by atoms with Crippen LogP contribution in [-0.2, 0) is 8.82 Å². The van der Waals surface area contributed by atoms with Gasteiger partial charge in [-0.05, 0) is 19.3 Å². The van der Waals surface area contributed by atoms with Crippen LogP contribution < -0.4 is 0 Å². The number of aromatic nitrogens is 4. The first-order valence-corrected chi connectivity index (χ1v) is 10.1. The zero-order chi connectivity index (χ0) is 16.3. The Hall–Kier alpha value is -1.54. The maximum Gasteiger partial charge on any atom is 0.359 e. The van der Waals surface area contributed by atoms with Gasteiger partial charge in [0.15, 0.2) is 11.5 Å². The predicted molar refractivity (Wildman–Crippen MR) is 92.6 cm³/mol. The molecule has 3 heterocycles. The van der Waals surface area contributed by atoms with Gasteiger partial charge < -0.3 is 4.74 Å². The highest BCUT2D eigenvalue weighted by Crippen LogP contribution is 2.75. The SMILES string of the molecule is CCOC(=O)c1nn(-c2cnccn2)c2c1C1(SCCS1)[C@@H]1C[C@H]21. The molecular weight excluding hydrogens is 344 g/mol. The van der Waals surface area contributed by atoms with Crippen molar-refractivity contribution >= 4 is 29.5 Å². The Morgan fingerprint density at radius 3 is 2.96 bits per heavy atom. The monoisotopic (exact) mass is 360 g/mol. The lowest BCUT2D eigenvalue weighted by Gasteiger charge is -2.24. The number of thioether (sulfide) groups is 2. The Labute approximate surface area is 147 Å². The van der Waals surface area contributed by atoms with Crippen LogP contribution in [-0.4, -0.2) is 43.8 Å². The first-order chi connectivity index (χ1) is 11.8. The summed E-state index contributed by atoms with van der Waals surface area (Å²) in [5.74, 6) is 3.64. The topological polar surface area (TPSA) is 69.9 Å².